The van der Waals surface area contributed by atoms with Gasteiger partial charge in [0, 0.05) is 50.9 Å². The van der Waals surface area contributed by atoms with Crippen LogP contribution < -0.4 is 0 Å². The highest BCUT2D eigenvalue weighted by Gasteiger charge is 2.42. The van der Waals surface area contributed by atoms with Crippen LogP contribution in [0.25, 0.3) is 0 Å². The molecule has 1 heterocycles. The molecule has 2 saturated carbocycles. The number of hydrogen-bond donors (Lipinski definition) is 0. The maximum atomic E-state index is 10.9. The number of piperazine rings is 1. The first-order valence-electron chi connectivity index (χ1n) is 8.89. The van der Waals surface area contributed by atoms with E-state index in [1.807, 2.05) is 6.07 Å². The molecule has 23 heavy (non-hydrogen) atoms. The summed E-state index contributed by atoms with van der Waals surface area (Å²) in [7, 11) is 0. The first-order chi connectivity index (χ1) is 11.2. The molecule has 4 rings (SSSR count). The van der Waals surface area contributed by atoms with E-state index in [2.05, 4.69) is 9.80 Å². The molecule has 1 saturated heterocycles. The van der Waals surface area contributed by atoms with Gasteiger partial charge in [-0.25, -0.2) is 0 Å². The molecular weight excluding hydrogens is 290 g/mol. The fourth-order valence-electron chi connectivity index (χ4n) is 4.94. The molecule has 2 aliphatic carbocycles. The van der Waals surface area contributed by atoms with Gasteiger partial charge in [-0.1, -0.05) is 18.6 Å². The third-order valence-electron chi connectivity index (χ3n) is 6.10. The second-order valence-corrected chi connectivity index (χ2v) is 7.48. The van der Waals surface area contributed by atoms with Crippen molar-refractivity contribution < 1.29 is 4.92 Å². The highest BCUT2D eigenvalue weighted by molar-refractivity contribution is 5.34. The zero-order chi connectivity index (χ0) is 15.8. The average Bonchev–Trinajstić information content (AvgIpc) is 3.19. The van der Waals surface area contributed by atoms with Gasteiger partial charge in [-0.05, 0) is 36.7 Å². The van der Waals surface area contributed by atoms with E-state index < -0.39 is 0 Å². The maximum absolute atomic E-state index is 10.9. The van der Waals surface area contributed by atoms with E-state index in [0.29, 0.717) is 0 Å². The van der Waals surface area contributed by atoms with Crippen molar-refractivity contribution in [2.45, 2.75) is 38.3 Å². The summed E-state index contributed by atoms with van der Waals surface area (Å²) in [5, 5.41) is 10.9. The zero-order valence-electron chi connectivity index (χ0n) is 13.6. The Hall–Kier alpha value is -1.46. The van der Waals surface area contributed by atoms with Crippen LogP contribution in [-0.4, -0.2) is 46.9 Å². The van der Waals surface area contributed by atoms with E-state index in [-0.39, 0.29) is 10.6 Å². The molecule has 1 aromatic carbocycles. The largest absolute Gasteiger partial charge is 0.298 e. The van der Waals surface area contributed by atoms with Gasteiger partial charge >= 0.3 is 0 Å². The summed E-state index contributed by atoms with van der Waals surface area (Å²) in [4.78, 5) is 15.7. The minimum atomic E-state index is -0.309. The number of fused-ring (bicyclic) bond motifs is 2. The summed E-state index contributed by atoms with van der Waals surface area (Å²) in [5.74, 6) is 1.97. The van der Waals surface area contributed by atoms with Crippen LogP contribution >= 0.6 is 0 Å². The van der Waals surface area contributed by atoms with Gasteiger partial charge in [-0.2, -0.15) is 0 Å². The maximum Gasteiger partial charge on any atom is 0.269 e. The molecule has 2 bridgehead atoms. The fraction of sp³-hybridized carbons (Fsp3) is 0.667. The lowest BCUT2D eigenvalue weighted by Crippen LogP contribution is -2.51. The van der Waals surface area contributed by atoms with Crippen molar-refractivity contribution >= 4 is 5.69 Å². The lowest BCUT2D eigenvalue weighted by atomic mass is 9.93. The first-order valence-corrected chi connectivity index (χ1v) is 8.89. The molecule has 0 N–H and O–H groups in total. The summed E-state index contributed by atoms with van der Waals surface area (Å²) in [6.07, 6.45) is 5.81. The van der Waals surface area contributed by atoms with Gasteiger partial charge in [0.2, 0.25) is 0 Å². The molecule has 5 heteroatoms. The summed E-state index contributed by atoms with van der Waals surface area (Å²) in [6.45, 7) is 5.30. The van der Waals surface area contributed by atoms with Crippen LogP contribution in [0.1, 0.15) is 31.2 Å². The number of rotatable bonds is 4. The molecule has 3 fully saturated rings. The van der Waals surface area contributed by atoms with Crippen LogP contribution in [0.2, 0.25) is 0 Å². The molecule has 0 spiro atoms. The van der Waals surface area contributed by atoms with Crippen molar-refractivity contribution in [2.75, 3.05) is 26.2 Å². The Morgan fingerprint density at radius 1 is 1.13 bits per heavy atom. The van der Waals surface area contributed by atoms with Crippen molar-refractivity contribution in [3.8, 4) is 0 Å². The predicted octanol–water partition coefficient (Wildman–Crippen LogP) is 2.90. The molecule has 1 aliphatic heterocycles. The Morgan fingerprint density at radius 2 is 1.96 bits per heavy atom. The Morgan fingerprint density at radius 3 is 2.61 bits per heavy atom. The SMILES string of the molecule is O=[N+]([O-])c1cccc(CN2CCN([C@H]3C[C@H]4CC[C@H]3C4)CC2)c1. The van der Waals surface area contributed by atoms with Crippen LogP contribution in [0.15, 0.2) is 24.3 Å². The number of nitrogens with zero attached hydrogens (tertiary/aromatic N) is 3. The molecule has 124 valence electrons. The number of nitro benzene ring substituents is 1. The predicted molar refractivity (Wildman–Crippen MR) is 89.2 cm³/mol. The standard InChI is InChI=1S/C18H25N3O2/c22-21(23)17-3-1-2-15(11-17)13-19-6-8-20(9-7-19)18-12-14-4-5-16(18)10-14/h1-3,11,14,16,18H,4-10,12-13H2/t14-,16-,18-/m0/s1. The van der Waals surface area contributed by atoms with Gasteiger partial charge < -0.3 is 0 Å². The minimum absolute atomic E-state index is 0.197. The quantitative estimate of drug-likeness (QED) is 0.633. The fourth-order valence-corrected chi connectivity index (χ4v) is 4.94. The topological polar surface area (TPSA) is 49.6 Å². The highest BCUT2D eigenvalue weighted by atomic mass is 16.6. The van der Waals surface area contributed by atoms with E-state index in [1.165, 1.54) is 25.7 Å². The molecule has 0 aromatic heterocycles. The second-order valence-electron chi connectivity index (χ2n) is 7.48. The lowest BCUT2D eigenvalue weighted by molar-refractivity contribution is -0.384. The third-order valence-corrected chi connectivity index (χ3v) is 6.10. The normalized spacial score (nSPS) is 31.6. The first kappa shape index (κ1) is 15.1. The number of non-ortho nitro benzene ring substituents is 1. The van der Waals surface area contributed by atoms with Crippen LogP contribution in [0.3, 0.4) is 0 Å². The number of benzene rings is 1. The van der Waals surface area contributed by atoms with Gasteiger partial charge in [-0.3, -0.25) is 19.9 Å². The summed E-state index contributed by atoms with van der Waals surface area (Å²) < 4.78 is 0. The molecule has 3 aliphatic rings. The monoisotopic (exact) mass is 315 g/mol. The molecule has 5 nitrogen and oxygen atoms in total. The lowest BCUT2D eigenvalue weighted by Gasteiger charge is -2.41. The Labute approximate surface area is 137 Å². The van der Waals surface area contributed by atoms with E-state index in [1.54, 1.807) is 18.2 Å². The van der Waals surface area contributed by atoms with Crippen LogP contribution in [-0.2, 0) is 6.54 Å². The van der Waals surface area contributed by atoms with E-state index in [4.69, 9.17) is 0 Å². The molecule has 1 aromatic rings. The van der Waals surface area contributed by atoms with Gasteiger partial charge in [0.1, 0.15) is 0 Å². The molecular formula is C18H25N3O2. The van der Waals surface area contributed by atoms with E-state index >= 15 is 0 Å². The smallest absolute Gasteiger partial charge is 0.269 e. The summed E-state index contributed by atoms with van der Waals surface area (Å²) in [5.41, 5.74) is 1.25. The summed E-state index contributed by atoms with van der Waals surface area (Å²) in [6, 6.07) is 7.90. The minimum Gasteiger partial charge on any atom is -0.298 e. The molecule has 0 amide bonds. The Balaban J connectivity index is 1.31. The number of hydrogen-bond acceptors (Lipinski definition) is 4. The van der Waals surface area contributed by atoms with Crippen molar-refractivity contribution in [1.82, 2.24) is 9.80 Å². The zero-order valence-corrected chi connectivity index (χ0v) is 13.6. The number of nitro groups is 1. The molecule has 0 radical (unpaired) electrons. The third kappa shape index (κ3) is 3.12. The van der Waals surface area contributed by atoms with Crippen LogP contribution in [0.4, 0.5) is 5.69 Å². The van der Waals surface area contributed by atoms with Crippen molar-refractivity contribution in [1.29, 1.82) is 0 Å². The Bertz CT molecular complexity index is 583. The molecule has 0 unspecified atom stereocenters. The van der Waals surface area contributed by atoms with E-state index in [0.717, 1.165) is 56.2 Å². The summed E-state index contributed by atoms with van der Waals surface area (Å²) >= 11 is 0. The van der Waals surface area contributed by atoms with Crippen molar-refractivity contribution in [2.24, 2.45) is 11.8 Å². The highest BCUT2D eigenvalue weighted by Crippen LogP contribution is 2.46. The van der Waals surface area contributed by atoms with Crippen LogP contribution in [0, 0.1) is 22.0 Å². The van der Waals surface area contributed by atoms with Gasteiger partial charge in [0.05, 0.1) is 4.92 Å². The van der Waals surface area contributed by atoms with Gasteiger partial charge in [0.25, 0.3) is 5.69 Å². The van der Waals surface area contributed by atoms with Crippen molar-refractivity contribution in [3.63, 3.8) is 0 Å². The van der Waals surface area contributed by atoms with Gasteiger partial charge in [0.15, 0.2) is 0 Å². The average molecular weight is 315 g/mol. The Kier molecular flexibility index (Phi) is 4.07. The van der Waals surface area contributed by atoms with E-state index in [9.17, 15) is 10.1 Å². The van der Waals surface area contributed by atoms with Crippen molar-refractivity contribution in [3.05, 3.63) is 39.9 Å². The van der Waals surface area contributed by atoms with Crippen LogP contribution in [0.5, 0.6) is 0 Å². The molecule has 3 atom stereocenters. The van der Waals surface area contributed by atoms with Gasteiger partial charge in [-0.15, -0.1) is 0 Å². The second kappa shape index (κ2) is 6.21.